The van der Waals surface area contributed by atoms with Crippen molar-refractivity contribution in [1.82, 2.24) is 9.78 Å². The van der Waals surface area contributed by atoms with Crippen LogP contribution in [0, 0.1) is 5.82 Å². The lowest BCUT2D eigenvalue weighted by atomic mass is 10.1. The third-order valence-electron chi connectivity index (χ3n) is 4.66. The zero-order valence-electron chi connectivity index (χ0n) is 15.4. The van der Waals surface area contributed by atoms with Crippen LogP contribution in [0.1, 0.15) is 5.56 Å². The molecule has 0 radical (unpaired) electrons. The monoisotopic (exact) mass is 396 g/mol. The molecule has 0 saturated carbocycles. The second-order valence-corrected chi connectivity index (χ2v) is 6.71. The minimum absolute atomic E-state index is 0.308. The van der Waals surface area contributed by atoms with E-state index in [4.69, 9.17) is 21.1 Å². The summed E-state index contributed by atoms with van der Waals surface area (Å²) >= 11 is 6.34. The summed E-state index contributed by atoms with van der Waals surface area (Å²) in [6.45, 7) is 0.401. The average molecular weight is 397 g/mol. The number of nitrogens with zero attached hydrogens (tertiary/aromatic N) is 2. The molecular weight excluding hydrogens is 379 g/mol. The van der Waals surface area contributed by atoms with Crippen molar-refractivity contribution in [1.29, 1.82) is 0 Å². The summed E-state index contributed by atoms with van der Waals surface area (Å²) in [7, 11) is 3.19. The van der Waals surface area contributed by atoms with E-state index >= 15 is 0 Å². The molecule has 142 valence electrons. The van der Waals surface area contributed by atoms with Crippen LogP contribution in [-0.2, 0) is 6.54 Å². The number of rotatable bonds is 5. The predicted molar refractivity (Wildman–Crippen MR) is 109 cm³/mol. The van der Waals surface area contributed by atoms with Crippen LogP contribution < -0.4 is 9.47 Å². The van der Waals surface area contributed by atoms with E-state index in [1.54, 1.807) is 31.0 Å². The largest absolute Gasteiger partial charge is 0.497 e. The molecule has 0 aliphatic heterocycles. The Kier molecular flexibility index (Phi) is 4.92. The molecule has 0 spiro atoms. The van der Waals surface area contributed by atoms with E-state index < -0.39 is 0 Å². The van der Waals surface area contributed by atoms with Gasteiger partial charge in [-0.2, -0.15) is 5.10 Å². The van der Waals surface area contributed by atoms with Gasteiger partial charge in [-0.05, 0) is 29.8 Å². The van der Waals surface area contributed by atoms with Gasteiger partial charge in [0.05, 0.1) is 26.5 Å². The standard InChI is InChI=1S/C22H18ClFN2O2/c1-27-15-10-11-16(20(12-15)28-2)22-17-7-5-9-19(24)21(17)25-26(22)13-14-6-3-4-8-18(14)23/h3-12H,13H2,1-2H3. The molecule has 1 aromatic heterocycles. The Morgan fingerprint density at radius 3 is 2.57 bits per heavy atom. The Bertz CT molecular complexity index is 1160. The number of fused-ring (bicyclic) bond motifs is 1. The third kappa shape index (κ3) is 3.18. The van der Waals surface area contributed by atoms with Crippen molar-refractivity contribution >= 4 is 22.5 Å². The fraction of sp³-hybridized carbons (Fsp3) is 0.136. The van der Waals surface area contributed by atoms with Crippen LogP contribution in [0.2, 0.25) is 5.02 Å². The summed E-state index contributed by atoms with van der Waals surface area (Å²) < 4.78 is 27.1. The van der Waals surface area contributed by atoms with Crippen LogP contribution in [0.25, 0.3) is 22.2 Å². The summed E-state index contributed by atoms with van der Waals surface area (Å²) in [6.07, 6.45) is 0. The van der Waals surface area contributed by atoms with Crippen LogP contribution >= 0.6 is 11.6 Å². The number of hydrogen-bond acceptors (Lipinski definition) is 3. The molecule has 28 heavy (non-hydrogen) atoms. The van der Waals surface area contributed by atoms with E-state index in [0.717, 1.165) is 16.8 Å². The summed E-state index contributed by atoms with van der Waals surface area (Å²) in [4.78, 5) is 0. The highest BCUT2D eigenvalue weighted by atomic mass is 35.5. The van der Waals surface area contributed by atoms with E-state index in [1.807, 2.05) is 42.5 Å². The second kappa shape index (κ2) is 7.52. The summed E-state index contributed by atoms with van der Waals surface area (Å²) in [5, 5.41) is 5.88. The molecule has 0 fully saturated rings. The normalized spacial score (nSPS) is 11.0. The van der Waals surface area contributed by atoms with Gasteiger partial charge in [-0.3, -0.25) is 4.68 Å². The van der Waals surface area contributed by atoms with Crippen molar-refractivity contribution in [2.24, 2.45) is 0 Å². The Morgan fingerprint density at radius 2 is 1.82 bits per heavy atom. The Hall–Kier alpha value is -3.05. The van der Waals surface area contributed by atoms with E-state index in [1.165, 1.54) is 6.07 Å². The number of hydrogen-bond donors (Lipinski definition) is 0. The van der Waals surface area contributed by atoms with Gasteiger partial charge in [-0.1, -0.05) is 41.9 Å². The van der Waals surface area contributed by atoms with Crippen molar-refractivity contribution in [3.05, 3.63) is 77.1 Å². The van der Waals surface area contributed by atoms with Gasteiger partial charge in [0.1, 0.15) is 17.0 Å². The zero-order chi connectivity index (χ0) is 19.7. The highest BCUT2D eigenvalue weighted by Crippen LogP contribution is 2.38. The Labute approximate surface area is 167 Å². The summed E-state index contributed by atoms with van der Waals surface area (Å²) in [5.74, 6) is 0.920. The van der Waals surface area contributed by atoms with Gasteiger partial charge in [-0.15, -0.1) is 0 Å². The highest BCUT2D eigenvalue weighted by Gasteiger charge is 2.20. The van der Waals surface area contributed by atoms with E-state index in [9.17, 15) is 4.39 Å². The van der Waals surface area contributed by atoms with E-state index in [-0.39, 0.29) is 5.82 Å². The number of aromatic nitrogens is 2. The average Bonchev–Trinajstić information content (AvgIpc) is 3.08. The lowest BCUT2D eigenvalue weighted by molar-refractivity contribution is 0.395. The first kappa shape index (κ1) is 18.3. The van der Waals surface area contributed by atoms with Crippen molar-refractivity contribution in [3.63, 3.8) is 0 Å². The maximum Gasteiger partial charge on any atom is 0.151 e. The van der Waals surface area contributed by atoms with Gasteiger partial charge >= 0.3 is 0 Å². The second-order valence-electron chi connectivity index (χ2n) is 6.30. The predicted octanol–water partition coefficient (Wildman–Crippen LogP) is 5.56. The van der Waals surface area contributed by atoms with Crippen molar-refractivity contribution in [2.45, 2.75) is 6.54 Å². The van der Waals surface area contributed by atoms with Crippen LogP contribution in [0.15, 0.2) is 60.7 Å². The van der Waals surface area contributed by atoms with Gasteiger partial charge in [0.15, 0.2) is 5.82 Å². The Morgan fingerprint density at radius 1 is 1.00 bits per heavy atom. The van der Waals surface area contributed by atoms with Crippen molar-refractivity contribution in [2.75, 3.05) is 14.2 Å². The van der Waals surface area contributed by atoms with Crippen LogP contribution in [0.4, 0.5) is 4.39 Å². The van der Waals surface area contributed by atoms with Crippen LogP contribution in [-0.4, -0.2) is 24.0 Å². The fourth-order valence-corrected chi connectivity index (χ4v) is 3.49. The van der Waals surface area contributed by atoms with Gasteiger partial charge in [0.2, 0.25) is 0 Å². The summed E-state index contributed by atoms with van der Waals surface area (Å²) in [6, 6.07) is 18.0. The van der Waals surface area contributed by atoms with Gasteiger partial charge in [0, 0.05) is 22.0 Å². The number of methoxy groups -OCH3 is 2. The molecule has 1 heterocycles. The first-order valence-electron chi connectivity index (χ1n) is 8.73. The molecule has 0 aliphatic carbocycles. The van der Waals surface area contributed by atoms with Gasteiger partial charge < -0.3 is 9.47 Å². The fourth-order valence-electron chi connectivity index (χ4n) is 3.30. The lowest BCUT2D eigenvalue weighted by Crippen LogP contribution is -2.05. The topological polar surface area (TPSA) is 36.3 Å². The molecule has 0 amide bonds. The molecule has 0 unspecified atom stereocenters. The van der Waals surface area contributed by atoms with E-state index in [0.29, 0.717) is 34.0 Å². The molecule has 4 nitrogen and oxygen atoms in total. The quantitative estimate of drug-likeness (QED) is 0.443. The maximum absolute atomic E-state index is 14.5. The van der Waals surface area contributed by atoms with Crippen molar-refractivity contribution < 1.29 is 13.9 Å². The lowest BCUT2D eigenvalue weighted by Gasteiger charge is -2.13. The molecule has 0 bridgehead atoms. The summed E-state index contributed by atoms with van der Waals surface area (Å²) in [5.41, 5.74) is 2.76. The van der Waals surface area contributed by atoms with Gasteiger partial charge in [-0.25, -0.2) is 4.39 Å². The third-order valence-corrected chi connectivity index (χ3v) is 5.03. The minimum Gasteiger partial charge on any atom is -0.497 e. The molecule has 4 rings (SSSR count). The Balaban J connectivity index is 1.97. The molecule has 0 N–H and O–H groups in total. The number of halogens is 2. The molecular formula is C22H18ClFN2O2. The smallest absolute Gasteiger partial charge is 0.151 e. The van der Waals surface area contributed by atoms with Gasteiger partial charge in [0.25, 0.3) is 0 Å². The first-order valence-corrected chi connectivity index (χ1v) is 9.11. The highest BCUT2D eigenvalue weighted by molar-refractivity contribution is 6.31. The minimum atomic E-state index is -0.371. The maximum atomic E-state index is 14.5. The zero-order valence-corrected chi connectivity index (χ0v) is 16.2. The first-order chi connectivity index (χ1) is 13.6. The molecule has 0 aliphatic rings. The molecule has 3 aromatic carbocycles. The molecule has 0 atom stereocenters. The number of benzene rings is 3. The molecule has 0 saturated heterocycles. The van der Waals surface area contributed by atoms with Crippen LogP contribution in [0.3, 0.4) is 0 Å². The van der Waals surface area contributed by atoms with Crippen LogP contribution in [0.5, 0.6) is 11.5 Å². The molecule has 4 aromatic rings. The van der Waals surface area contributed by atoms with E-state index in [2.05, 4.69) is 5.10 Å². The SMILES string of the molecule is COc1ccc(-c2c3cccc(F)c3nn2Cc2ccccc2Cl)c(OC)c1. The van der Waals surface area contributed by atoms with Crippen molar-refractivity contribution in [3.8, 4) is 22.8 Å². The number of ether oxygens (including phenoxy) is 2. The molecule has 6 heteroatoms.